The van der Waals surface area contributed by atoms with E-state index < -0.39 is 10.0 Å². The first kappa shape index (κ1) is 15.5. The van der Waals surface area contributed by atoms with Gasteiger partial charge in [-0.05, 0) is 50.8 Å². The van der Waals surface area contributed by atoms with E-state index >= 15 is 0 Å². The number of hydrogen-bond donors (Lipinski definition) is 1. The van der Waals surface area contributed by atoms with Crippen LogP contribution >= 0.6 is 11.3 Å². The Hall–Kier alpha value is -0.430. The van der Waals surface area contributed by atoms with Crippen LogP contribution in [-0.2, 0) is 16.4 Å². The predicted molar refractivity (Wildman–Crippen MR) is 86.3 cm³/mol. The van der Waals surface area contributed by atoms with Gasteiger partial charge in [-0.25, -0.2) is 8.42 Å². The lowest BCUT2D eigenvalue weighted by Gasteiger charge is -2.37. The molecule has 2 saturated heterocycles. The fourth-order valence-electron chi connectivity index (χ4n) is 3.47. The Labute approximate surface area is 131 Å². The van der Waals surface area contributed by atoms with Gasteiger partial charge >= 0.3 is 0 Å². The van der Waals surface area contributed by atoms with Crippen molar-refractivity contribution in [3.8, 4) is 0 Å². The minimum absolute atomic E-state index is 0.137. The summed E-state index contributed by atoms with van der Waals surface area (Å²) in [6.07, 6.45) is 6.26. The summed E-state index contributed by atoms with van der Waals surface area (Å²) in [6.45, 7) is 3.76. The van der Waals surface area contributed by atoms with Gasteiger partial charge in [0, 0.05) is 23.5 Å². The van der Waals surface area contributed by atoms with Crippen molar-refractivity contribution < 1.29 is 8.42 Å². The molecule has 3 heterocycles. The van der Waals surface area contributed by atoms with Gasteiger partial charge in [0.25, 0.3) is 10.0 Å². The third-order valence-corrected chi connectivity index (χ3v) is 8.23. The molecule has 2 atom stereocenters. The van der Waals surface area contributed by atoms with Crippen LogP contribution in [0.2, 0.25) is 0 Å². The molecule has 0 aliphatic carbocycles. The average molecular weight is 329 g/mol. The highest BCUT2D eigenvalue weighted by Crippen LogP contribution is 2.32. The van der Waals surface area contributed by atoms with Crippen LogP contribution in [0.3, 0.4) is 0 Å². The zero-order chi connectivity index (χ0) is 14.9. The summed E-state index contributed by atoms with van der Waals surface area (Å²) in [5.41, 5.74) is 0. The Kier molecular flexibility index (Phi) is 4.69. The van der Waals surface area contributed by atoms with E-state index in [0.717, 1.165) is 49.9 Å². The predicted octanol–water partition coefficient (Wildman–Crippen LogP) is 2.61. The fraction of sp³-hybridized carbons (Fsp3) is 0.733. The van der Waals surface area contributed by atoms with Crippen LogP contribution < -0.4 is 5.32 Å². The second-order valence-corrected chi connectivity index (χ2v) is 9.24. The normalized spacial score (nSPS) is 28.0. The topological polar surface area (TPSA) is 49.4 Å². The summed E-state index contributed by atoms with van der Waals surface area (Å²) in [6, 6.07) is 4.21. The quantitative estimate of drug-likeness (QED) is 0.924. The highest BCUT2D eigenvalue weighted by molar-refractivity contribution is 7.91. The van der Waals surface area contributed by atoms with Crippen molar-refractivity contribution in [3.05, 3.63) is 17.0 Å². The molecule has 0 radical (unpaired) electrons. The van der Waals surface area contributed by atoms with E-state index in [2.05, 4.69) is 12.2 Å². The molecule has 2 unspecified atom stereocenters. The van der Waals surface area contributed by atoms with Gasteiger partial charge in [-0.1, -0.05) is 13.3 Å². The third-order valence-electron chi connectivity index (χ3n) is 4.61. The Morgan fingerprint density at radius 2 is 2.14 bits per heavy atom. The van der Waals surface area contributed by atoms with E-state index in [9.17, 15) is 8.42 Å². The largest absolute Gasteiger partial charge is 0.312 e. The number of piperidine rings is 1. The smallest absolute Gasteiger partial charge is 0.252 e. The molecule has 0 amide bonds. The van der Waals surface area contributed by atoms with Crippen LogP contribution in [-0.4, -0.2) is 37.9 Å². The Morgan fingerprint density at radius 3 is 2.81 bits per heavy atom. The molecule has 2 aliphatic rings. The summed E-state index contributed by atoms with van der Waals surface area (Å²) >= 11 is 1.43. The molecule has 118 valence electrons. The molecule has 0 spiro atoms. The second kappa shape index (κ2) is 6.36. The zero-order valence-corrected chi connectivity index (χ0v) is 14.2. The van der Waals surface area contributed by atoms with Crippen molar-refractivity contribution in [2.24, 2.45) is 0 Å². The van der Waals surface area contributed by atoms with Gasteiger partial charge in [0.2, 0.25) is 0 Å². The zero-order valence-electron chi connectivity index (χ0n) is 12.5. The maximum absolute atomic E-state index is 13.0. The number of rotatable bonds is 4. The highest BCUT2D eigenvalue weighted by Gasteiger charge is 2.39. The Balaban J connectivity index is 1.87. The highest BCUT2D eigenvalue weighted by atomic mass is 32.2. The van der Waals surface area contributed by atoms with Crippen molar-refractivity contribution >= 4 is 21.4 Å². The summed E-state index contributed by atoms with van der Waals surface area (Å²) in [4.78, 5) is 1.14. The van der Waals surface area contributed by atoms with E-state index in [-0.39, 0.29) is 6.04 Å². The molecule has 0 bridgehead atoms. The van der Waals surface area contributed by atoms with Crippen molar-refractivity contribution in [1.82, 2.24) is 9.62 Å². The minimum Gasteiger partial charge on any atom is -0.312 e. The molecule has 0 aromatic carbocycles. The lowest BCUT2D eigenvalue weighted by molar-refractivity contribution is 0.211. The number of thiophene rings is 1. The second-order valence-electron chi connectivity index (χ2n) is 5.96. The molecular weight excluding hydrogens is 304 g/mol. The molecule has 0 saturated carbocycles. The van der Waals surface area contributed by atoms with E-state index in [4.69, 9.17) is 0 Å². The van der Waals surface area contributed by atoms with Crippen LogP contribution in [0.25, 0.3) is 0 Å². The van der Waals surface area contributed by atoms with E-state index in [1.165, 1.54) is 11.3 Å². The molecular formula is C15H24N2O2S2. The molecule has 4 nitrogen and oxygen atoms in total. The monoisotopic (exact) mass is 328 g/mol. The van der Waals surface area contributed by atoms with Crippen molar-refractivity contribution in [2.45, 2.75) is 61.7 Å². The Morgan fingerprint density at radius 1 is 1.29 bits per heavy atom. The first-order valence-corrected chi connectivity index (χ1v) is 10.2. The van der Waals surface area contributed by atoms with Gasteiger partial charge in [0.15, 0.2) is 0 Å². The summed E-state index contributed by atoms with van der Waals surface area (Å²) in [5.74, 6) is 0. The van der Waals surface area contributed by atoms with Crippen LogP contribution in [0, 0.1) is 0 Å². The summed E-state index contributed by atoms with van der Waals surface area (Å²) < 4.78 is 28.3. The molecule has 6 heteroatoms. The molecule has 3 rings (SSSR count). The molecule has 2 aliphatic heterocycles. The van der Waals surface area contributed by atoms with Crippen LogP contribution in [0.1, 0.15) is 43.9 Å². The van der Waals surface area contributed by atoms with Gasteiger partial charge in [0.1, 0.15) is 4.21 Å². The number of hydrogen-bond acceptors (Lipinski definition) is 4. The number of aryl methyl sites for hydroxylation is 1. The number of sulfonamides is 1. The molecule has 1 aromatic rings. The lowest BCUT2D eigenvalue weighted by atomic mass is 9.97. The van der Waals surface area contributed by atoms with Gasteiger partial charge < -0.3 is 5.32 Å². The van der Waals surface area contributed by atoms with Gasteiger partial charge in [0.05, 0.1) is 0 Å². The SMILES string of the molecule is CCc1ccc(S(=O)(=O)N2CCCCC2C2CCCN2)s1. The maximum Gasteiger partial charge on any atom is 0.252 e. The lowest BCUT2D eigenvalue weighted by Crippen LogP contribution is -2.52. The summed E-state index contributed by atoms with van der Waals surface area (Å²) in [5, 5.41) is 3.49. The van der Waals surface area contributed by atoms with E-state index in [1.54, 1.807) is 10.4 Å². The minimum atomic E-state index is -3.33. The number of nitrogens with zero attached hydrogens (tertiary/aromatic N) is 1. The van der Waals surface area contributed by atoms with Crippen molar-refractivity contribution in [1.29, 1.82) is 0 Å². The Bertz CT molecular complexity index is 576. The van der Waals surface area contributed by atoms with Crippen LogP contribution in [0.15, 0.2) is 16.3 Å². The van der Waals surface area contributed by atoms with Crippen LogP contribution in [0.5, 0.6) is 0 Å². The maximum atomic E-state index is 13.0. The number of nitrogens with one attached hydrogen (secondary N) is 1. The van der Waals surface area contributed by atoms with E-state index in [0.29, 0.717) is 16.8 Å². The van der Waals surface area contributed by atoms with E-state index in [1.807, 2.05) is 6.07 Å². The molecule has 1 N–H and O–H groups in total. The van der Waals surface area contributed by atoms with Crippen LogP contribution in [0.4, 0.5) is 0 Å². The standard InChI is InChI=1S/C15H24N2O2S2/c1-2-12-8-9-15(20-12)21(18,19)17-11-4-3-7-14(17)13-6-5-10-16-13/h8-9,13-14,16H,2-7,10-11H2,1H3. The molecule has 1 aromatic heterocycles. The molecule has 21 heavy (non-hydrogen) atoms. The first-order chi connectivity index (χ1) is 10.1. The van der Waals surface area contributed by atoms with Gasteiger partial charge in [-0.15, -0.1) is 11.3 Å². The first-order valence-electron chi connectivity index (χ1n) is 7.97. The molecule has 2 fully saturated rings. The van der Waals surface area contributed by atoms with Gasteiger partial charge in [-0.3, -0.25) is 0 Å². The summed E-state index contributed by atoms with van der Waals surface area (Å²) in [7, 11) is -3.33. The average Bonchev–Trinajstić information content (AvgIpc) is 3.18. The fourth-order valence-corrected chi connectivity index (χ4v) is 6.63. The van der Waals surface area contributed by atoms with Crippen molar-refractivity contribution in [3.63, 3.8) is 0 Å². The third kappa shape index (κ3) is 3.04. The van der Waals surface area contributed by atoms with Crippen molar-refractivity contribution in [2.75, 3.05) is 13.1 Å². The van der Waals surface area contributed by atoms with Gasteiger partial charge in [-0.2, -0.15) is 4.31 Å².